The molecule has 0 radical (unpaired) electrons. The highest BCUT2D eigenvalue weighted by Gasteiger charge is 2.37. The highest BCUT2D eigenvalue weighted by atomic mass is 15.0. The van der Waals surface area contributed by atoms with Crippen LogP contribution in [0.3, 0.4) is 0 Å². The van der Waals surface area contributed by atoms with Crippen LogP contribution < -0.4 is 0 Å². The van der Waals surface area contributed by atoms with Crippen molar-refractivity contribution >= 4 is 54.1 Å². The third kappa shape index (κ3) is 3.88. The molecule has 0 saturated carbocycles. The normalized spacial score (nSPS) is 13.3. The maximum atomic E-state index is 2.50. The Bertz CT molecular complexity index is 3010. The lowest BCUT2D eigenvalue weighted by Crippen LogP contribution is -2.14. The van der Waals surface area contributed by atoms with Crippen LogP contribution in [-0.4, -0.2) is 4.57 Å². The summed E-state index contributed by atoms with van der Waals surface area (Å²) in [5.41, 5.74) is 14.1. The average molecular weight is 662 g/mol. The molecule has 1 aromatic heterocycles. The van der Waals surface area contributed by atoms with E-state index >= 15 is 0 Å². The van der Waals surface area contributed by atoms with Gasteiger partial charge in [0.15, 0.2) is 0 Å². The summed E-state index contributed by atoms with van der Waals surface area (Å²) in [6, 6.07) is 65.3. The van der Waals surface area contributed by atoms with Gasteiger partial charge in [-0.1, -0.05) is 166 Å². The molecule has 0 N–H and O–H groups in total. The van der Waals surface area contributed by atoms with Crippen molar-refractivity contribution in [3.63, 3.8) is 0 Å². The maximum absolute atomic E-state index is 2.50. The predicted molar refractivity (Wildman–Crippen MR) is 222 cm³/mol. The summed E-state index contributed by atoms with van der Waals surface area (Å²) in [6.07, 6.45) is 0. The molecular weight excluding hydrogens is 627 g/mol. The Kier molecular flexibility index (Phi) is 6.08. The molecule has 0 saturated heterocycles. The van der Waals surface area contributed by atoms with Gasteiger partial charge in [0.1, 0.15) is 0 Å². The Morgan fingerprint density at radius 2 is 0.923 bits per heavy atom. The standard InChI is InChI=1S/C51H35N/c1-51(2)42-27-15-13-25-39(42)48-43(51)30-29-38-41(31-45-49(50(38)48)40-26-14-16-28-44(40)52(45)33-19-7-4-8-20-33)47-36-23-11-9-21-34(36)46(32-17-5-3-6-18-32)35-22-10-12-24-37(35)47/h3-31H,1-2H3. The zero-order valence-corrected chi connectivity index (χ0v) is 29.2. The molecule has 9 aromatic carbocycles. The highest BCUT2D eigenvalue weighted by Crippen LogP contribution is 2.56. The third-order valence-electron chi connectivity index (χ3n) is 11.8. The number of aromatic nitrogens is 1. The van der Waals surface area contributed by atoms with E-state index in [0.29, 0.717) is 0 Å². The molecule has 1 aliphatic carbocycles. The van der Waals surface area contributed by atoms with Gasteiger partial charge in [0.05, 0.1) is 11.0 Å². The quantitative estimate of drug-likeness (QED) is 0.166. The van der Waals surface area contributed by atoms with Gasteiger partial charge in [-0.2, -0.15) is 0 Å². The van der Waals surface area contributed by atoms with Crippen LogP contribution in [0.1, 0.15) is 25.0 Å². The van der Waals surface area contributed by atoms with Crippen molar-refractivity contribution in [1.82, 2.24) is 4.57 Å². The van der Waals surface area contributed by atoms with Gasteiger partial charge < -0.3 is 4.57 Å². The number of benzene rings is 9. The Morgan fingerprint density at radius 3 is 1.62 bits per heavy atom. The predicted octanol–water partition coefficient (Wildman–Crippen LogP) is 13.9. The average Bonchev–Trinajstić information content (AvgIpc) is 3.65. The molecule has 0 unspecified atom stereocenters. The van der Waals surface area contributed by atoms with Crippen molar-refractivity contribution in [2.24, 2.45) is 0 Å². The number of hydrogen-bond acceptors (Lipinski definition) is 0. The molecule has 0 spiro atoms. The van der Waals surface area contributed by atoms with Crippen molar-refractivity contribution in [2.75, 3.05) is 0 Å². The second-order valence-electron chi connectivity index (χ2n) is 14.8. The molecule has 1 aliphatic rings. The first-order valence-corrected chi connectivity index (χ1v) is 18.3. The summed E-state index contributed by atoms with van der Waals surface area (Å²) in [5, 5.41) is 10.3. The van der Waals surface area contributed by atoms with Gasteiger partial charge in [0, 0.05) is 27.3 Å². The first-order valence-electron chi connectivity index (χ1n) is 18.3. The first kappa shape index (κ1) is 29.3. The second-order valence-corrected chi connectivity index (χ2v) is 14.8. The number of fused-ring (bicyclic) bond motifs is 11. The van der Waals surface area contributed by atoms with Crippen LogP contribution in [0.2, 0.25) is 0 Å². The van der Waals surface area contributed by atoms with E-state index in [4.69, 9.17) is 0 Å². The van der Waals surface area contributed by atoms with Crippen LogP contribution in [0.15, 0.2) is 176 Å². The van der Waals surface area contributed by atoms with Gasteiger partial charge in [-0.3, -0.25) is 0 Å². The smallest absolute Gasteiger partial charge is 0.0553 e. The number of rotatable bonds is 3. The maximum Gasteiger partial charge on any atom is 0.0553 e. The van der Waals surface area contributed by atoms with Crippen molar-refractivity contribution in [1.29, 1.82) is 0 Å². The Labute approximate surface area is 303 Å². The molecule has 10 aromatic rings. The first-order chi connectivity index (χ1) is 25.6. The zero-order chi connectivity index (χ0) is 34.6. The van der Waals surface area contributed by atoms with Crippen LogP contribution in [0, 0.1) is 0 Å². The second kappa shape index (κ2) is 10.8. The topological polar surface area (TPSA) is 4.93 Å². The molecule has 244 valence electrons. The zero-order valence-electron chi connectivity index (χ0n) is 29.2. The van der Waals surface area contributed by atoms with Gasteiger partial charge >= 0.3 is 0 Å². The van der Waals surface area contributed by atoms with Crippen molar-refractivity contribution in [3.8, 4) is 39.1 Å². The summed E-state index contributed by atoms with van der Waals surface area (Å²) >= 11 is 0. The Hall–Kier alpha value is -6.44. The van der Waals surface area contributed by atoms with E-state index in [1.807, 2.05) is 0 Å². The summed E-state index contributed by atoms with van der Waals surface area (Å²) in [6.45, 7) is 4.78. The molecule has 11 rings (SSSR count). The third-order valence-corrected chi connectivity index (χ3v) is 11.8. The monoisotopic (exact) mass is 661 g/mol. The molecule has 1 heterocycles. The fourth-order valence-corrected chi connectivity index (χ4v) is 9.55. The fraction of sp³-hybridized carbons (Fsp3) is 0.0588. The van der Waals surface area contributed by atoms with Crippen molar-refractivity contribution in [3.05, 3.63) is 187 Å². The molecule has 1 heteroatoms. The van der Waals surface area contributed by atoms with E-state index in [0.717, 1.165) is 0 Å². The minimum Gasteiger partial charge on any atom is -0.309 e. The molecular formula is C51H35N. The SMILES string of the molecule is CC1(C)c2ccccc2-c2c1ccc1c(-c3c4ccccc4c(-c4ccccc4)c4ccccc34)cc3c(c4ccccc4n3-c3ccccc3)c21. The Balaban J connectivity index is 1.41. The van der Waals surface area contributed by atoms with Crippen molar-refractivity contribution < 1.29 is 0 Å². The summed E-state index contributed by atoms with van der Waals surface area (Å²) in [7, 11) is 0. The number of hydrogen-bond donors (Lipinski definition) is 0. The lowest BCUT2D eigenvalue weighted by atomic mass is 9.80. The molecule has 0 bridgehead atoms. The number of nitrogens with zero attached hydrogens (tertiary/aromatic N) is 1. The van der Waals surface area contributed by atoms with Crippen LogP contribution in [-0.2, 0) is 5.41 Å². The highest BCUT2D eigenvalue weighted by molar-refractivity contribution is 6.31. The minimum atomic E-state index is -0.114. The molecule has 52 heavy (non-hydrogen) atoms. The van der Waals surface area contributed by atoms with Crippen LogP contribution in [0.4, 0.5) is 0 Å². The van der Waals surface area contributed by atoms with Gasteiger partial charge in [0.2, 0.25) is 0 Å². The lowest BCUT2D eigenvalue weighted by molar-refractivity contribution is 0.661. The van der Waals surface area contributed by atoms with Crippen LogP contribution in [0.25, 0.3) is 93.2 Å². The molecule has 0 amide bonds. The largest absolute Gasteiger partial charge is 0.309 e. The summed E-state index contributed by atoms with van der Waals surface area (Å²) < 4.78 is 2.49. The molecule has 0 aliphatic heterocycles. The van der Waals surface area contributed by atoms with Gasteiger partial charge in [-0.15, -0.1) is 0 Å². The summed E-state index contributed by atoms with van der Waals surface area (Å²) in [5.74, 6) is 0. The summed E-state index contributed by atoms with van der Waals surface area (Å²) in [4.78, 5) is 0. The van der Waals surface area contributed by atoms with E-state index in [2.05, 4.69) is 194 Å². The van der Waals surface area contributed by atoms with Gasteiger partial charge in [-0.05, 0) is 95.7 Å². The van der Waals surface area contributed by atoms with Crippen molar-refractivity contribution in [2.45, 2.75) is 19.3 Å². The van der Waals surface area contributed by atoms with Gasteiger partial charge in [0.25, 0.3) is 0 Å². The molecule has 0 fully saturated rings. The van der Waals surface area contributed by atoms with E-state index < -0.39 is 0 Å². The van der Waals surface area contributed by atoms with Crippen LogP contribution >= 0.6 is 0 Å². The Morgan fingerprint density at radius 1 is 0.365 bits per heavy atom. The number of para-hydroxylation sites is 2. The van der Waals surface area contributed by atoms with E-state index in [-0.39, 0.29) is 5.41 Å². The lowest BCUT2D eigenvalue weighted by Gasteiger charge is -2.23. The van der Waals surface area contributed by atoms with E-state index in [1.54, 1.807) is 0 Å². The molecule has 1 nitrogen and oxygen atoms in total. The minimum absolute atomic E-state index is 0.114. The van der Waals surface area contributed by atoms with E-state index in [9.17, 15) is 0 Å². The fourth-order valence-electron chi connectivity index (χ4n) is 9.55. The molecule has 0 atom stereocenters. The van der Waals surface area contributed by atoms with E-state index in [1.165, 1.54) is 104 Å². The van der Waals surface area contributed by atoms with Crippen LogP contribution in [0.5, 0.6) is 0 Å². The van der Waals surface area contributed by atoms with Gasteiger partial charge in [-0.25, -0.2) is 0 Å².